The van der Waals surface area contributed by atoms with Crippen molar-refractivity contribution in [3.63, 3.8) is 0 Å². The molecule has 7 heteroatoms. The Labute approximate surface area is 112 Å². The third kappa shape index (κ3) is 2.37. The molecule has 2 aromatic rings. The second-order valence-electron chi connectivity index (χ2n) is 5.27. The summed E-state index contributed by atoms with van der Waals surface area (Å²) >= 11 is 0. The van der Waals surface area contributed by atoms with Crippen LogP contribution in [0.5, 0.6) is 0 Å². The van der Waals surface area contributed by atoms with Gasteiger partial charge in [-0.2, -0.15) is 4.52 Å². The molecule has 0 radical (unpaired) electrons. The fourth-order valence-corrected chi connectivity index (χ4v) is 2.58. The molecule has 19 heavy (non-hydrogen) atoms. The molecule has 1 aliphatic rings. The Morgan fingerprint density at radius 2 is 2.32 bits per heavy atom. The van der Waals surface area contributed by atoms with Crippen LogP contribution in [-0.4, -0.2) is 50.2 Å². The predicted molar refractivity (Wildman–Crippen MR) is 72.1 cm³/mol. The number of rotatable bonds is 4. The van der Waals surface area contributed by atoms with Crippen molar-refractivity contribution in [3.05, 3.63) is 12.4 Å². The summed E-state index contributed by atoms with van der Waals surface area (Å²) < 4.78 is 1.76. The van der Waals surface area contributed by atoms with Crippen LogP contribution in [0.25, 0.3) is 5.65 Å². The minimum absolute atomic E-state index is 0.485. The largest absolute Gasteiger partial charge is 0.351 e. The van der Waals surface area contributed by atoms with Gasteiger partial charge in [0.25, 0.3) is 0 Å². The minimum Gasteiger partial charge on any atom is -0.351 e. The Morgan fingerprint density at radius 3 is 3.16 bits per heavy atom. The van der Waals surface area contributed by atoms with Crippen molar-refractivity contribution >= 4 is 11.5 Å². The first-order valence-corrected chi connectivity index (χ1v) is 6.78. The zero-order valence-corrected chi connectivity index (χ0v) is 11.3. The first-order valence-electron chi connectivity index (χ1n) is 6.78. The SMILES string of the molecule is CC(C)NCC1CCCN1c1cncc2nnnn12. The van der Waals surface area contributed by atoms with Gasteiger partial charge in [-0.1, -0.05) is 13.8 Å². The number of hydrogen-bond acceptors (Lipinski definition) is 6. The lowest BCUT2D eigenvalue weighted by molar-refractivity contribution is 0.520. The van der Waals surface area contributed by atoms with Crippen molar-refractivity contribution in [2.24, 2.45) is 0 Å². The van der Waals surface area contributed by atoms with E-state index < -0.39 is 0 Å². The molecule has 1 unspecified atom stereocenters. The smallest absolute Gasteiger partial charge is 0.199 e. The molecule has 1 N–H and O–H groups in total. The van der Waals surface area contributed by atoms with Crippen LogP contribution in [0.1, 0.15) is 26.7 Å². The average molecular weight is 261 g/mol. The molecule has 3 rings (SSSR count). The van der Waals surface area contributed by atoms with Crippen molar-refractivity contribution in [2.45, 2.75) is 38.8 Å². The molecule has 0 amide bonds. The third-order valence-corrected chi connectivity index (χ3v) is 3.52. The molecule has 0 aliphatic carbocycles. The second-order valence-corrected chi connectivity index (χ2v) is 5.27. The Hall–Kier alpha value is -1.76. The highest BCUT2D eigenvalue weighted by atomic mass is 15.5. The molecule has 1 atom stereocenters. The quantitative estimate of drug-likeness (QED) is 0.863. The lowest BCUT2D eigenvalue weighted by atomic mass is 10.2. The standard InChI is InChI=1S/C12H19N7/c1-9(2)14-6-10-4-3-5-18(10)12-8-13-7-11-15-16-17-19(11)12/h7-10,14H,3-6H2,1-2H3. The van der Waals surface area contributed by atoms with Gasteiger partial charge in [-0.3, -0.25) is 4.98 Å². The van der Waals surface area contributed by atoms with Crippen molar-refractivity contribution < 1.29 is 0 Å². The second kappa shape index (κ2) is 5.08. The van der Waals surface area contributed by atoms with Gasteiger partial charge in [-0.05, 0) is 23.3 Å². The summed E-state index contributed by atoms with van der Waals surface area (Å²) in [5.74, 6) is 0.982. The van der Waals surface area contributed by atoms with Crippen molar-refractivity contribution in [3.8, 4) is 0 Å². The van der Waals surface area contributed by atoms with Crippen LogP contribution in [-0.2, 0) is 0 Å². The molecule has 102 valence electrons. The molecule has 1 saturated heterocycles. The molecule has 7 nitrogen and oxygen atoms in total. The summed E-state index contributed by atoms with van der Waals surface area (Å²) in [5, 5.41) is 15.2. The first kappa shape index (κ1) is 12.3. The Kier molecular flexibility index (Phi) is 3.29. The fourth-order valence-electron chi connectivity index (χ4n) is 2.58. The predicted octanol–water partition coefficient (Wildman–Crippen LogP) is 0.486. The molecular weight excluding hydrogens is 242 g/mol. The molecule has 0 spiro atoms. The van der Waals surface area contributed by atoms with E-state index in [1.807, 2.05) is 6.20 Å². The maximum atomic E-state index is 4.23. The van der Waals surface area contributed by atoms with Crippen molar-refractivity contribution in [2.75, 3.05) is 18.0 Å². The van der Waals surface area contributed by atoms with E-state index in [0.717, 1.165) is 18.9 Å². The summed E-state index contributed by atoms with van der Waals surface area (Å²) in [7, 11) is 0. The number of nitrogens with zero attached hydrogens (tertiary/aromatic N) is 6. The molecule has 0 bridgehead atoms. The molecule has 1 aliphatic heterocycles. The summed E-state index contributed by atoms with van der Waals surface area (Å²) in [4.78, 5) is 6.59. The summed E-state index contributed by atoms with van der Waals surface area (Å²) in [6.45, 7) is 6.35. The number of aromatic nitrogens is 5. The van der Waals surface area contributed by atoms with E-state index in [-0.39, 0.29) is 0 Å². The van der Waals surface area contributed by atoms with E-state index in [2.05, 4.69) is 44.6 Å². The van der Waals surface area contributed by atoms with Gasteiger partial charge < -0.3 is 10.2 Å². The number of anilines is 1. The zero-order valence-electron chi connectivity index (χ0n) is 11.3. The topological polar surface area (TPSA) is 71.2 Å². The van der Waals surface area contributed by atoms with E-state index in [1.54, 1.807) is 10.7 Å². The van der Waals surface area contributed by atoms with Crippen LogP contribution in [0.4, 0.5) is 5.82 Å². The molecule has 1 fully saturated rings. The van der Waals surface area contributed by atoms with Crippen molar-refractivity contribution in [1.29, 1.82) is 0 Å². The van der Waals surface area contributed by atoms with Gasteiger partial charge in [0.05, 0.1) is 12.4 Å². The molecule has 0 aromatic carbocycles. The van der Waals surface area contributed by atoms with Crippen LogP contribution in [0, 0.1) is 0 Å². The first-order chi connectivity index (χ1) is 9.25. The Morgan fingerprint density at radius 1 is 1.42 bits per heavy atom. The fraction of sp³-hybridized carbons (Fsp3) is 0.667. The van der Waals surface area contributed by atoms with E-state index in [0.29, 0.717) is 17.7 Å². The number of nitrogens with one attached hydrogen (secondary N) is 1. The van der Waals surface area contributed by atoms with E-state index in [4.69, 9.17) is 0 Å². The van der Waals surface area contributed by atoms with Crippen molar-refractivity contribution in [1.82, 2.24) is 30.3 Å². The van der Waals surface area contributed by atoms with Gasteiger partial charge in [0, 0.05) is 25.2 Å². The summed E-state index contributed by atoms with van der Waals surface area (Å²) in [5.41, 5.74) is 0.694. The third-order valence-electron chi connectivity index (χ3n) is 3.52. The van der Waals surface area contributed by atoms with E-state index in [1.165, 1.54) is 12.8 Å². The van der Waals surface area contributed by atoms with Gasteiger partial charge in [0.15, 0.2) is 11.5 Å². The number of tetrazole rings is 1. The highest BCUT2D eigenvalue weighted by Gasteiger charge is 2.27. The Bertz CT molecular complexity index is 550. The van der Waals surface area contributed by atoms with Gasteiger partial charge in [0.1, 0.15) is 0 Å². The zero-order chi connectivity index (χ0) is 13.2. The highest BCUT2D eigenvalue weighted by Crippen LogP contribution is 2.24. The normalized spacial score (nSPS) is 19.7. The monoisotopic (exact) mass is 261 g/mol. The van der Waals surface area contributed by atoms with Crippen LogP contribution < -0.4 is 10.2 Å². The lowest BCUT2D eigenvalue weighted by Crippen LogP contribution is -2.41. The summed E-state index contributed by atoms with van der Waals surface area (Å²) in [6.07, 6.45) is 5.92. The van der Waals surface area contributed by atoms with Crippen LogP contribution in [0.15, 0.2) is 12.4 Å². The van der Waals surface area contributed by atoms with Gasteiger partial charge in [-0.15, -0.1) is 5.10 Å². The average Bonchev–Trinajstić information content (AvgIpc) is 3.04. The maximum Gasteiger partial charge on any atom is 0.199 e. The van der Waals surface area contributed by atoms with Crippen LogP contribution >= 0.6 is 0 Å². The van der Waals surface area contributed by atoms with E-state index in [9.17, 15) is 0 Å². The van der Waals surface area contributed by atoms with Crippen LogP contribution in [0.2, 0.25) is 0 Å². The van der Waals surface area contributed by atoms with E-state index >= 15 is 0 Å². The molecule has 0 saturated carbocycles. The van der Waals surface area contributed by atoms with Gasteiger partial charge in [0.2, 0.25) is 0 Å². The summed E-state index contributed by atoms with van der Waals surface area (Å²) in [6, 6.07) is 0.989. The highest BCUT2D eigenvalue weighted by molar-refractivity contribution is 5.47. The van der Waals surface area contributed by atoms with Crippen LogP contribution in [0.3, 0.4) is 0 Å². The number of hydrogen-bond donors (Lipinski definition) is 1. The van der Waals surface area contributed by atoms with Gasteiger partial charge >= 0.3 is 0 Å². The van der Waals surface area contributed by atoms with Gasteiger partial charge in [-0.25, -0.2) is 0 Å². The lowest BCUT2D eigenvalue weighted by Gasteiger charge is -2.27. The molecular formula is C12H19N7. The number of fused-ring (bicyclic) bond motifs is 1. The maximum absolute atomic E-state index is 4.23. The Balaban J connectivity index is 1.85. The molecule has 2 aromatic heterocycles. The minimum atomic E-state index is 0.485. The molecule has 3 heterocycles.